The Morgan fingerprint density at radius 1 is 1.11 bits per heavy atom. The highest BCUT2D eigenvalue weighted by atomic mass is 15.3. The number of hydrogen-bond acceptors (Lipinski definition) is 3. The van der Waals surface area contributed by atoms with Gasteiger partial charge in [0.2, 0.25) is 0 Å². The quantitative estimate of drug-likeness (QED) is 0.797. The molecular weight excluding hydrogens is 234 g/mol. The molecule has 1 aliphatic heterocycles. The van der Waals surface area contributed by atoms with Crippen LogP contribution < -0.4 is 5.73 Å². The van der Waals surface area contributed by atoms with Gasteiger partial charge in [-0.25, -0.2) is 0 Å². The molecule has 2 fully saturated rings. The lowest BCUT2D eigenvalue weighted by Gasteiger charge is -2.52. The second kappa shape index (κ2) is 6.55. The molecule has 1 heterocycles. The van der Waals surface area contributed by atoms with Gasteiger partial charge >= 0.3 is 0 Å². The number of likely N-dealkylation sites (N-methyl/N-ethyl adjacent to an activating group) is 1. The largest absolute Gasteiger partial charge is 0.330 e. The minimum Gasteiger partial charge on any atom is -0.330 e. The van der Waals surface area contributed by atoms with E-state index in [1.807, 2.05) is 0 Å². The van der Waals surface area contributed by atoms with E-state index in [0.29, 0.717) is 6.04 Å². The fraction of sp³-hybridized carbons (Fsp3) is 1.00. The number of hydrogen-bond donors (Lipinski definition) is 1. The highest BCUT2D eigenvalue weighted by Crippen LogP contribution is 2.30. The molecule has 3 heteroatoms. The van der Waals surface area contributed by atoms with Gasteiger partial charge in [0.15, 0.2) is 0 Å². The normalized spacial score (nSPS) is 31.3. The van der Waals surface area contributed by atoms with Crippen molar-refractivity contribution in [1.29, 1.82) is 0 Å². The summed E-state index contributed by atoms with van der Waals surface area (Å²) >= 11 is 0. The Morgan fingerprint density at radius 3 is 2.32 bits per heavy atom. The predicted molar refractivity (Wildman–Crippen MR) is 82.4 cm³/mol. The number of nitrogens with two attached hydrogens (primary N) is 1. The average Bonchev–Trinajstić information content (AvgIpc) is 2.63. The maximum Gasteiger partial charge on any atom is 0.0280 e. The van der Waals surface area contributed by atoms with Crippen LogP contribution in [-0.4, -0.2) is 54.1 Å². The van der Waals surface area contributed by atoms with E-state index in [9.17, 15) is 0 Å². The molecule has 1 aliphatic carbocycles. The third-order valence-electron chi connectivity index (χ3n) is 5.38. The van der Waals surface area contributed by atoms with Crippen molar-refractivity contribution in [2.45, 2.75) is 76.4 Å². The smallest absolute Gasteiger partial charge is 0.0280 e. The first-order valence-electron chi connectivity index (χ1n) is 8.21. The molecule has 1 saturated heterocycles. The summed E-state index contributed by atoms with van der Waals surface area (Å²) in [4.78, 5) is 5.35. The van der Waals surface area contributed by atoms with Gasteiger partial charge in [0.05, 0.1) is 0 Å². The minimum absolute atomic E-state index is 0.282. The third kappa shape index (κ3) is 3.71. The highest BCUT2D eigenvalue weighted by molar-refractivity contribution is 4.96. The standard InChI is InChI=1S/C16H33N3/c1-16(2)13-19(12-15(10-11-17)18(16)3)14-8-6-4-5-7-9-14/h14-15H,4-13,17H2,1-3H3. The van der Waals surface area contributed by atoms with Gasteiger partial charge in [0.1, 0.15) is 0 Å². The van der Waals surface area contributed by atoms with E-state index in [4.69, 9.17) is 5.73 Å². The molecule has 2 aliphatic rings. The summed E-state index contributed by atoms with van der Waals surface area (Å²) in [6.45, 7) is 8.03. The molecule has 0 bridgehead atoms. The monoisotopic (exact) mass is 267 g/mol. The molecule has 1 saturated carbocycles. The van der Waals surface area contributed by atoms with Crippen molar-refractivity contribution >= 4 is 0 Å². The Bertz CT molecular complexity index is 269. The number of nitrogens with zero attached hydrogens (tertiary/aromatic N) is 2. The number of piperazine rings is 1. The van der Waals surface area contributed by atoms with Crippen LogP contribution in [0.1, 0.15) is 58.8 Å². The molecule has 19 heavy (non-hydrogen) atoms. The summed E-state index contributed by atoms with van der Waals surface area (Å²) in [5.41, 5.74) is 6.10. The van der Waals surface area contributed by atoms with Crippen molar-refractivity contribution in [3.63, 3.8) is 0 Å². The maximum absolute atomic E-state index is 5.81. The summed E-state index contributed by atoms with van der Waals surface area (Å²) in [7, 11) is 2.28. The average molecular weight is 267 g/mol. The molecule has 0 aromatic heterocycles. The van der Waals surface area contributed by atoms with E-state index in [1.54, 1.807) is 0 Å². The van der Waals surface area contributed by atoms with Crippen LogP contribution in [0.4, 0.5) is 0 Å². The van der Waals surface area contributed by atoms with Crippen molar-refractivity contribution in [2.24, 2.45) is 5.73 Å². The molecule has 3 nitrogen and oxygen atoms in total. The first-order valence-corrected chi connectivity index (χ1v) is 8.21. The van der Waals surface area contributed by atoms with E-state index in [2.05, 4.69) is 30.7 Å². The van der Waals surface area contributed by atoms with Crippen molar-refractivity contribution in [3.05, 3.63) is 0 Å². The summed E-state index contributed by atoms with van der Waals surface area (Å²) in [5.74, 6) is 0. The van der Waals surface area contributed by atoms with Crippen molar-refractivity contribution < 1.29 is 0 Å². The van der Waals surface area contributed by atoms with Crippen LogP contribution >= 0.6 is 0 Å². The summed E-state index contributed by atoms with van der Waals surface area (Å²) in [6.07, 6.45) is 9.70. The lowest BCUT2D eigenvalue weighted by Crippen LogP contribution is -2.64. The van der Waals surface area contributed by atoms with Gasteiger partial charge in [-0.3, -0.25) is 9.80 Å². The summed E-state index contributed by atoms with van der Waals surface area (Å²) in [6, 6.07) is 1.47. The van der Waals surface area contributed by atoms with E-state index >= 15 is 0 Å². The zero-order chi connectivity index (χ0) is 13.9. The SMILES string of the molecule is CN1C(CCN)CN(C2CCCCCC2)CC1(C)C. The maximum atomic E-state index is 5.81. The Kier molecular flexibility index (Phi) is 5.27. The zero-order valence-corrected chi connectivity index (χ0v) is 13.2. The van der Waals surface area contributed by atoms with Crippen LogP contribution in [0, 0.1) is 0 Å². The van der Waals surface area contributed by atoms with Gasteiger partial charge in [-0.2, -0.15) is 0 Å². The highest BCUT2D eigenvalue weighted by Gasteiger charge is 2.39. The molecule has 1 unspecified atom stereocenters. The molecule has 0 amide bonds. The van der Waals surface area contributed by atoms with E-state index in [-0.39, 0.29) is 5.54 Å². The Hall–Kier alpha value is -0.120. The number of rotatable bonds is 3. The molecule has 0 aromatic carbocycles. The fourth-order valence-electron chi connectivity index (χ4n) is 3.94. The molecule has 0 aromatic rings. The van der Waals surface area contributed by atoms with Crippen molar-refractivity contribution in [2.75, 3.05) is 26.7 Å². The molecule has 112 valence electrons. The molecule has 0 radical (unpaired) electrons. The third-order valence-corrected chi connectivity index (χ3v) is 5.38. The second-order valence-corrected chi connectivity index (χ2v) is 7.23. The Labute approximate surface area is 119 Å². The molecule has 1 atom stereocenters. The van der Waals surface area contributed by atoms with Gasteiger partial charge in [-0.1, -0.05) is 25.7 Å². The second-order valence-electron chi connectivity index (χ2n) is 7.23. The molecular formula is C16H33N3. The predicted octanol–water partition coefficient (Wildman–Crippen LogP) is 2.45. The van der Waals surface area contributed by atoms with Crippen LogP contribution in [0.25, 0.3) is 0 Å². The van der Waals surface area contributed by atoms with Crippen LogP contribution in [-0.2, 0) is 0 Å². The zero-order valence-electron chi connectivity index (χ0n) is 13.2. The summed E-state index contributed by atoms with van der Waals surface area (Å²) < 4.78 is 0. The Morgan fingerprint density at radius 2 is 1.74 bits per heavy atom. The lowest BCUT2D eigenvalue weighted by molar-refractivity contribution is -0.0292. The van der Waals surface area contributed by atoms with Crippen LogP contribution in [0.15, 0.2) is 0 Å². The molecule has 2 N–H and O–H groups in total. The van der Waals surface area contributed by atoms with Gasteiger partial charge in [0.25, 0.3) is 0 Å². The van der Waals surface area contributed by atoms with Crippen molar-refractivity contribution in [3.8, 4) is 0 Å². The van der Waals surface area contributed by atoms with E-state index in [0.717, 1.165) is 19.0 Å². The van der Waals surface area contributed by atoms with Gasteiger partial charge in [-0.15, -0.1) is 0 Å². The van der Waals surface area contributed by atoms with Crippen LogP contribution in [0.2, 0.25) is 0 Å². The Balaban J connectivity index is 2.03. The van der Waals surface area contributed by atoms with Crippen molar-refractivity contribution in [1.82, 2.24) is 9.80 Å². The fourth-order valence-corrected chi connectivity index (χ4v) is 3.94. The first kappa shape index (κ1) is 15.3. The summed E-state index contributed by atoms with van der Waals surface area (Å²) in [5, 5.41) is 0. The van der Waals surface area contributed by atoms with E-state index < -0.39 is 0 Å². The first-order chi connectivity index (χ1) is 9.04. The molecule has 2 rings (SSSR count). The molecule has 0 spiro atoms. The minimum atomic E-state index is 0.282. The van der Waals surface area contributed by atoms with Gasteiger partial charge < -0.3 is 5.73 Å². The van der Waals surface area contributed by atoms with Crippen LogP contribution in [0.3, 0.4) is 0 Å². The van der Waals surface area contributed by atoms with E-state index in [1.165, 1.54) is 51.6 Å². The lowest BCUT2D eigenvalue weighted by atomic mass is 9.91. The van der Waals surface area contributed by atoms with Crippen LogP contribution in [0.5, 0.6) is 0 Å². The van der Waals surface area contributed by atoms with Gasteiger partial charge in [-0.05, 0) is 46.7 Å². The van der Waals surface area contributed by atoms with Gasteiger partial charge in [0, 0.05) is 30.7 Å². The topological polar surface area (TPSA) is 32.5 Å².